The maximum Gasteiger partial charge on any atom is 0.329 e. The van der Waals surface area contributed by atoms with Crippen LogP contribution < -0.4 is 15.4 Å². The van der Waals surface area contributed by atoms with Crippen LogP contribution in [0.4, 0.5) is 4.39 Å². The van der Waals surface area contributed by atoms with Crippen LogP contribution in [0.2, 0.25) is 5.02 Å². The van der Waals surface area contributed by atoms with E-state index in [9.17, 15) is 23.9 Å². The van der Waals surface area contributed by atoms with Crippen molar-refractivity contribution >= 4 is 40.4 Å². The van der Waals surface area contributed by atoms with Gasteiger partial charge in [-0.2, -0.15) is 0 Å². The van der Waals surface area contributed by atoms with Crippen molar-refractivity contribution in [3.8, 4) is 28.2 Å². The molecule has 0 aliphatic heterocycles. The van der Waals surface area contributed by atoms with E-state index in [1.807, 2.05) is 0 Å². The van der Waals surface area contributed by atoms with E-state index < -0.39 is 29.1 Å². The smallest absolute Gasteiger partial charge is 0.329 e. The summed E-state index contributed by atoms with van der Waals surface area (Å²) in [6.45, 7) is 0. The molecular weight excluding hydrogens is 515 g/mol. The fraction of sp³-hybridized carbons (Fsp3) is 0.179. The summed E-state index contributed by atoms with van der Waals surface area (Å²) in [5.74, 6) is -2.05. The minimum Gasteiger partial charge on any atom is -0.496 e. The van der Waals surface area contributed by atoms with E-state index in [0.29, 0.717) is 40.5 Å². The van der Waals surface area contributed by atoms with Crippen LogP contribution in [0.25, 0.3) is 33.4 Å². The van der Waals surface area contributed by atoms with E-state index in [2.05, 4.69) is 10.6 Å². The lowest BCUT2D eigenvalue weighted by atomic mass is 9.98. The molecule has 5 rings (SSSR count). The highest BCUT2D eigenvalue weighted by Gasteiger charge is 2.52. The number of carbonyl (C=O) groups excluding carboxylic acids is 2. The van der Waals surface area contributed by atoms with Crippen LogP contribution in [0.15, 0.2) is 59.0 Å². The molecule has 1 aliphatic rings. The molecule has 1 heterocycles. The van der Waals surface area contributed by atoms with Crippen LogP contribution in [0.3, 0.4) is 0 Å². The van der Waals surface area contributed by atoms with Gasteiger partial charge in [0.25, 0.3) is 11.8 Å². The standard InChI is InChI=1S/C28H22ClFN2O6/c1-31-26(34)23-18-11-15(5-8-21(18)38-24(23)14-3-6-16(30)7-4-14)17-12-19(22(37-2)13-20(17)29)25(33)32-28(9-10-28)27(35)36/h3-8,11-13H,9-10H2,1-2H3,(H,31,34)(H,32,33)(H,35,36). The molecule has 1 fully saturated rings. The van der Waals surface area contributed by atoms with Gasteiger partial charge in [-0.15, -0.1) is 0 Å². The van der Waals surface area contributed by atoms with Gasteiger partial charge in [0, 0.05) is 29.6 Å². The third-order valence-corrected chi connectivity index (χ3v) is 6.92. The summed E-state index contributed by atoms with van der Waals surface area (Å²) in [5, 5.41) is 15.4. The number of carbonyl (C=O) groups is 3. The van der Waals surface area contributed by atoms with Crippen molar-refractivity contribution in [1.29, 1.82) is 0 Å². The average molecular weight is 537 g/mol. The van der Waals surface area contributed by atoms with Gasteiger partial charge in [-0.05, 0) is 60.9 Å². The average Bonchev–Trinajstić information content (AvgIpc) is 3.60. The Balaban J connectivity index is 1.63. The van der Waals surface area contributed by atoms with E-state index in [4.69, 9.17) is 20.8 Å². The van der Waals surface area contributed by atoms with Gasteiger partial charge in [0.15, 0.2) is 0 Å². The molecule has 0 bridgehead atoms. The van der Waals surface area contributed by atoms with Crippen LogP contribution in [-0.2, 0) is 4.79 Å². The zero-order valence-electron chi connectivity index (χ0n) is 20.4. The predicted octanol–water partition coefficient (Wildman–Crippen LogP) is 5.27. The summed E-state index contributed by atoms with van der Waals surface area (Å²) >= 11 is 6.57. The number of hydrogen-bond donors (Lipinski definition) is 3. The first-order chi connectivity index (χ1) is 18.2. The normalized spacial score (nSPS) is 13.7. The molecule has 8 nitrogen and oxygen atoms in total. The Kier molecular flexibility index (Phi) is 6.32. The van der Waals surface area contributed by atoms with Crippen molar-refractivity contribution in [3.63, 3.8) is 0 Å². The Bertz CT molecular complexity index is 1610. The first-order valence-corrected chi connectivity index (χ1v) is 12.0. The molecule has 194 valence electrons. The SMILES string of the molecule is CNC(=O)c1c(-c2ccc(F)cc2)oc2ccc(-c3cc(C(=O)NC4(C(=O)O)CC4)c(OC)cc3Cl)cc12. The molecule has 0 atom stereocenters. The van der Waals surface area contributed by atoms with Gasteiger partial charge >= 0.3 is 5.97 Å². The van der Waals surface area contributed by atoms with Crippen molar-refractivity contribution in [2.75, 3.05) is 14.2 Å². The number of aliphatic carboxylic acids is 1. The Hall–Kier alpha value is -4.37. The van der Waals surface area contributed by atoms with E-state index in [1.54, 1.807) is 18.2 Å². The highest BCUT2D eigenvalue weighted by molar-refractivity contribution is 6.34. The number of methoxy groups -OCH3 is 1. The van der Waals surface area contributed by atoms with Crippen LogP contribution in [0.1, 0.15) is 33.6 Å². The van der Waals surface area contributed by atoms with Crippen LogP contribution in [0, 0.1) is 5.82 Å². The van der Waals surface area contributed by atoms with Crippen molar-refractivity contribution in [3.05, 3.63) is 76.6 Å². The number of rotatable bonds is 7. The number of carboxylic acids is 1. The summed E-state index contributed by atoms with van der Waals surface area (Å²) < 4.78 is 24.8. The monoisotopic (exact) mass is 536 g/mol. The second kappa shape index (κ2) is 9.50. The minimum absolute atomic E-state index is 0.116. The number of amides is 2. The molecule has 4 aromatic rings. The maximum atomic E-state index is 13.5. The van der Waals surface area contributed by atoms with Crippen LogP contribution >= 0.6 is 11.6 Å². The van der Waals surface area contributed by atoms with Gasteiger partial charge in [0.1, 0.15) is 28.4 Å². The summed E-state index contributed by atoms with van der Waals surface area (Å²) in [6, 6.07) is 13.7. The third-order valence-electron chi connectivity index (χ3n) is 6.61. The highest BCUT2D eigenvalue weighted by atomic mass is 35.5. The molecule has 10 heteroatoms. The Morgan fingerprint density at radius 2 is 1.71 bits per heavy atom. The van der Waals surface area contributed by atoms with Crippen LogP contribution in [-0.4, -0.2) is 42.6 Å². The summed E-state index contributed by atoms with van der Waals surface area (Å²) in [7, 11) is 2.88. The lowest BCUT2D eigenvalue weighted by molar-refractivity contribution is -0.140. The zero-order valence-corrected chi connectivity index (χ0v) is 21.1. The molecule has 0 saturated heterocycles. The molecule has 0 radical (unpaired) electrons. The minimum atomic E-state index is -1.28. The van der Waals surface area contributed by atoms with E-state index in [0.717, 1.165) is 0 Å². The van der Waals surface area contributed by atoms with Gasteiger partial charge in [0.2, 0.25) is 0 Å². The molecular formula is C28H22ClFN2O6. The fourth-order valence-corrected chi connectivity index (χ4v) is 4.61. The first-order valence-electron chi connectivity index (χ1n) is 11.7. The number of ether oxygens (including phenoxy) is 1. The van der Waals surface area contributed by atoms with E-state index in [-0.39, 0.29) is 27.7 Å². The molecule has 1 saturated carbocycles. The second-order valence-electron chi connectivity index (χ2n) is 8.98. The second-order valence-corrected chi connectivity index (χ2v) is 9.38. The largest absolute Gasteiger partial charge is 0.496 e. The summed E-state index contributed by atoms with van der Waals surface area (Å²) in [6.07, 6.45) is 0.680. The maximum absolute atomic E-state index is 13.5. The van der Waals surface area contributed by atoms with Crippen LogP contribution in [0.5, 0.6) is 5.75 Å². The molecule has 3 aromatic carbocycles. The van der Waals surface area contributed by atoms with Crippen molar-refractivity contribution < 1.29 is 33.0 Å². The van der Waals surface area contributed by atoms with Crippen molar-refractivity contribution in [2.24, 2.45) is 0 Å². The summed E-state index contributed by atoms with van der Waals surface area (Å²) in [5.41, 5.74) is 1.09. The molecule has 38 heavy (non-hydrogen) atoms. The summed E-state index contributed by atoms with van der Waals surface area (Å²) in [4.78, 5) is 37.5. The number of carboxylic acid groups (broad SMARTS) is 1. The number of fused-ring (bicyclic) bond motifs is 1. The Morgan fingerprint density at radius 1 is 1.03 bits per heavy atom. The Labute approximate surface area is 221 Å². The lowest BCUT2D eigenvalue weighted by Crippen LogP contribution is -2.43. The zero-order chi connectivity index (χ0) is 27.2. The van der Waals surface area contributed by atoms with Gasteiger partial charge in [-0.3, -0.25) is 9.59 Å². The van der Waals surface area contributed by atoms with Gasteiger partial charge < -0.3 is 24.9 Å². The van der Waals surface area contributed by atoms with Gasteiger partial charge in [0.05, 0.1) is 23.3 Å². The van der Waals surface area contributed by atoms with E-state index >= 15 is 0 Å². The number of nitrogens with one attached hydrogen (secondary N) is 2. The molecule has 0 spiro atoms. The third kappa shape index (κ3) is 4.35. The number of furan rings is 1. The molecule has 0 unspecified atom stereocenters. The van der Waals surface area contributed by atoms with Crippen molar-refractivity contribution in [1.82, 2.24) is 10.6 Å². The molecule has 1 aliphatic carbocycles. The lowest BCUT2D eigenvalue weighted by Gasteiger charge is -2.16. The van der Waals surface area contributed by atoms with Gasteiger partial charge in [-0.25, -0.2) is 9.18 Å². The predicted molar refractivity (Wildman–Crippen MR) is 139 cm³/mol. The molecule has 3 N–H and O–H groups in total. The first kappa shape index (κ1) is 25.3. The quantitative estimate of drug-likeness (QED) is 0.296. The Morgan fingerprint density at radius 3 is 2.32 bits per heavy atom. The fourth-order valence-electron chi connectivity index (χ4n) is 4.34. The van der Waals surface area contributed by atoms with Crippen molar-refractivity contribution in [2.45, 2.75) is 18.4 Å². The highest BCUT2D eigenvalue weighted by Crippen LogP contribution is 2.40. The number of benzene rings is 3. The van der Waals surface area contributed by atoms with E-state index in [1.165, 1.54) is 50.6 Å². The topological polar surface area (TPSA) is 118 Å². The van der Waals surface area contributed by atoms with Gasteiger partial charge in [-0.1, -0.05) is 17.7 Å². The number of hydrogen-bond acceptors (Lipinski definition) is 5. The molecule has 2 amide bonds. The number of halogens is 2. The molecule has 1 aromatic heterocycles.